The van der Waals surface area contributed by atoms with Crippen molar-refractivity contribution in [1.82, 2.24) is 4.90 Å². The van der Waals surface area contributed by atoms with Gasteiger partial charge in [-0.1, -0.05) is 18.2 Å². The number of carbonyl (C=O) groups excluding carboxylic acids is 2. The Morgan fingerprint density at radius 3 is 2.87 bits per heavy atom. The van der Waals surface area contributed by atoms with Gasteiger partial charge in [0.05, 0.1) is 12.5 Å². The van der Waals surface area contributed by atoms with Crippen LogP contribution >= 0.6 is 0 Å². The highest BCUT2D eigenvalue weighted by Gasteiger charge is 2.40. The van der Waals surface area contributed by atoms with Crippen molar-refractivity contribution in [3.05, 3.63) is 29.8 Å². The second-order valence-corrected chi connectivity index (χ2v) is 6.33. The molecule has 0 spiro atoms. The number of methoxy groups -OCH3 is 1. The lowest BCUT2D eigenvalue weighted by Crippen LogP contribution is -2.53. The van der Waals surface area contributed by atoms with E-state index >= 15 is 0 Å². The number of para-hydroxylation sites is 1. The molecule has 1 aromatic carbocycles. The van der Waals surface area contributed by atoms with Gasteiger partial charge in [0, 0.05) is 38.3 Å². The van der Waals surface area contributed by atoms with Crippen LogP contribution in [0.3, 0.4) is 0 Å². The molecule has 5 heteroatoms. The summed E-state index contributed by atoms with van der Waals surface area (Å²) in [7, 11) is 1.63. The monoisotopic (exact) mass is 316 g/mol. The number of carbonyl (C=O) groups is 2. The summed E-state index contributed by atoms with van der Waals surface area (Å²) in [5.74, 6) is 0.147. The molecule has 1 aromatic rings. The molecule has 2 heterocycles. The minimum absolute atomic E-state index is 0.0772. The lowest BCUT2D eigenvalue weighted by Gasteiger charge is -2.39. The second kappa shape index (κ2) is 6.71. The Bertz CT molecular complexity index is 602. The number of amides is 2. The van der Waals surface area contributed by atoms with Gasteiger partial charge < -0.3 is 14.5 Å². The van der Waals surface area contributed by atoms with Gasteiger partial charge in [-0.2, -0.15) is 0 Å². The lowest BCUT2D eigenvalue weighted by atomic mass is 9.88. The van der Waals surface area contributed by atoms with E-state index in [-0.39, 0.29) is 23.8 Å². The summed E-state index contributed by atoms with van der Waals surface area (Å²) in [6, 6.07) is 8.01. The number of rotatable bonds is 4. The Hall–Kier alpha value is -1.88. The zero-order valence-corrected chi connectivity index (χ0v) is 13.8. The molecule has 124 valence electrons. The molecular weight excluding hydrogens is 292 g/mol. The van der Waals surface area contributed by atoms with Crippen LogP contribution in [0, 0.1) is 5.92 Å². The fourth-order valence-corrected chi connectivity index (χ4v) is 3.72. The van der Waals surface area contributed by atoms with E-state index in [1.54, 1.807) is 12.0 Å². The summed E-state index contributed by atoms with van der Waals surface area (Å²) >= 11 is 0. The fraction of sp³-hybridized carbons (Fsp3) is 0.556. The van der Waals surface area contributed by atoms with Crippen LogP contribution in [0.25, 0.3) is 0 Å². The van der Waals surface area contributed by atoms with E-state index in [0.29, 0.717) is 26.0 Å². The van der Waals surface area contributed by atoms with Crippen LogP contribution in [0.4, 0.5) is 5.69 Å². The van der Waals surface area contributed by atoms with Gasteiger partial charge in [-0.3, -0.25) is 9.59 Å². The maximum absolute atomic E-state index is 13.1. The average molecular weight is 316 g/mol. The SMILES string of the molecule is COCCN1C(=O)CC[C@@H](C(=O)N2CCc3ccccc32)[C@H]1C. The highest BCUT2D eigenvalue weighted by Crippen LogP contribution is 2.32. The quantitative estimate of drug-likeness (QED) is 0.852. The van der Waals surface area contributed by atoms with Crippen LogP contribution in [0.15, 0.2) is 24.3 Å². The molecule has 1 saturated heterocycles. The molecule has 5 nitrogen and oxygen atoms in total. The molecule has 0 aliphatic carbocycles. The first-order valence-electron chi connectivity index (χ1n) is 8.31. The molecule has 0 radical (unpaired) electrons. The van der Waals surface area contributed by atoms with Gasteiger partial charge in [-0.25, -0.2) is 0 Å². The number of hydrogen-bond donors (Lipinski definition) is 0. The van der Waals surface area contributed by atoms with Crippen molar-refractivity contribution in [2.75, 3.05) is 31.7 Å². The van der Waals surface area contributed by atoms with E-state index in [1.807, 2.05) is 30.0 Å². The van der Waals surface area contributed by atoms with Crippen LogP contribution < -0.4 is 4.90 Å². The number of hydrogen-bond acceptors (Lipinski definition) is 3. The molecule has 0 saturated carbocycles. The molecule has 1 fully saturated rings. The molecule has 2 amide bonds. The Balaban J connectivity index is 1.76. The van der Waals surface area contributed by atoms with E-state index in [0.717, 1.165) is 18.7 Å². The van der Waals surface area contributed by atoms with Crippen LogP contribution in [-0.2, 0) is 20.7 Å². The zero-order valence-electron chi connectivity index (χ0n) is 13.8. The Morgan fingerprint density at radius 2 is 2.09 bits per heavy atom. The molecule has 2 aliphatic rings. The summed E-state index contributed by atoms with van der Waals surface area (Å²) in [4.78, 5) is 28.9. The van der Waals surface area contributed by atoms with Crippen molar-refractivity contribution < 1.29 is 14.3 Å². The number of benzene rings is 1. The molecular formula is C18H24N2O3. The number of ether oxygens (including phenoxy) is 1. The highest BCUT2D eigenvalue weighted by atomic mass is 16.5. The van der Waals surface area contributed by atoms with Gasteiger partial charge in [-0.05, 0) is 31.4 Å². The van der Waals surface area contributed by atoms with E-state index in [9.17, 15) is 9.59 Å². The number of likely N-dealkylation sites (tertiary alicyclic amines) is 1. The fourth-order valence-electron chi connectivity index (χ4n) is 3.72. The molecule has 0 aromatic heterocycles. The summed E-state index contributed by atoms with van der Waals surface area (Å²) in [5, 5.41) is 0. The van der Waals surface area contributed by atoms with Crippen molar-refractivity contribution in [2.24, 2.45) is 5.92 Å². The van der Waals surface area contributed by atoms with Crippen molar-refractivity contribution in [1.29, 1.82) is 0 Å². The first kappa shape index (κ1) is 16.0. The summed E-state index contributed by atoms with van der Waals surface area (Å²) in [6.07, 6.45) is 2.00. The van der Waals surface area contributed by atoms with Crippen molar-refractivity contribution >= 4 is 17.5 Å². The maximum Gasteiger partial charge on any atom is 0.232 e. The highest BCUT2D eigenvalue weighted by molar-refractivity contribution is 5.98. The summed E-state index contributed by atoms with van der Waals surface area (Å²) in [6.45, 7) is 3.78. The van der Waals surface area contributed by atoms with Crippen LogP contribution in [0.2, 0.25) is 0 Å². The summed E-state index contributed by atoms with van der Waals surface area (Å²) in [5.41, 5.74) is 2.27. The topological polar surface area (TPSA) is 49.9 Å². The van der Waals surface area contributed by atoms with Crippen molar-refractivity contribution in [3.8, 4) is 0 Å². The molecule has 0 unspecified atom stereocenters. The van der Waals surface area contributed by atoms with Gasteiger partial charge >= 0.3 is 0 Å². The Kier molecular flexibility index (Phi) is 4.66. The standard InChI is InChI=1S/C18H24N2O3/c1-13-15(7-8-17(21)19(13)11-12-23-2)18(22)20-10-9-14-5-3-4-6-16(14)20/h3-6,13,15H,7-12H2,1-2H3/t13-,15-/m1/s1. The summed E-state index contributed by atoms with van der Waals surface area (Å²) < 4.78 is 5.09. The molecule has 0 N–H and O–H groups in total. The van der Waals surface area contributed by atoms with Crippen LogP contribution in [-0.4, -0.2) is 49.6 Å². The number of anilines is 1. The third-order valence-electron chi connectivity index (χ3n) is 5.07. The van der Waals surface area contributed by atoms with Gasteiger partial charge in [-0.15, -0.1) is 0 Å². The minimum Gasteiger partial charge on any atom is -0.383 e. The molecule has 3 rings (SSSR count). The number of fused-ring (bicyclic) bond motifs is 1. The first-order valence-corrected chi connectivity index (χ1v) is 8.31. The largest absolute Gasteiger partial charge is 0.383 e. The Morgan fingerprint density at radius 1 is 1.30 bits per heavy atom. The maximum atomic E-state index is 13.1. The minimum atomic E-state index is -0.129. The zero-order chi connectivity index (χ0) is 16.4. The van der Waals surface area contributed by atoms with Gasteiger partial charge in [0.25, 0.3) is 0 Å². The third-order valence-corrected chi connectivity index (χ3v) is 5.07. The second-order valence-electron chi connectivity index (χ2n) is 6.33. The van der Waals surface area contributed by atoms with Crippen molar-refractivity contribution in [2.45, 2.75) is 32.2 Å². The molecule has 23 heavy (non-hydrogen) atoms. The number of nitrogens with zero attached hydrogens (tertiary/aromatic N) is 2. The lowest BCUT2D eigenvalue weighted by molar-refractivity contribution is -0.142. The van der Waals surface area contributed by atoms with E-state index in [1.165, 1.54) is 5.56 Å². The third kappa shape index (κ3) is 2.98. The molecule has 2 aliphatic heterocycles. The van der Waals surface area contributed by atoms with Gasteiger partial charge in [0.2, 0.25) is 11.8 Å². The van der Waals surface area contributed by atoms with Gasteiger partial charge in [0.15, 0.2) is 0 Å². The molecule has 0 bridgehead atoms. The number of piperidine rings is 1. The van der Waals surface area contributed by atoms with E-state index in [4.69, 9.17) is 4.74 Å². The van der Waals surface area contributed by atoms with Crippen LogP contribution in [0.5, 0.6) is 0 Å². The first-order chi connectivity index (χ1) is 11.1. The predicted octanol–water partition coefficient (Wildman–Crippen LogP) is 1.85. The van der Waals surface area contributed by atoms with Crippen molar-refractivity contribution in [3.63, 3.8) is 0 Å². The van der Waals surface area contributed by atoms with Gasteiger partial charge in [0.1, 0.15) is 0 Å². The average Bonchev–Trinajstić information content (AvgIpc) is 2.98. The van der Waals surface area contributed by atoms with E-state index < -0.39 is 0 Å². The normalized spacial score (nSPS) is 24.0. The smallest absolute Gasteiger partial charge is 0.232 e. The Labute approximate surface area is 137 Å². The van der Waals surface area contributed by atoms with E-state index in [2.05, 4.69) is 6.07 Å². The predicted molar refractivity (Wildman–Crippen MR) is 88.3 cm³/mol. The molecule has 2 atom stereocenters. The van der Waals surface area contributed by atoms with Crippen LogP contribution in [0.1, 0.15) is 25.3 Å².